The molecular weight excluding hydrogens is 601 g/mol. The standard InChI is InChI=1S/C27H31F2IN8/c1-27(2,3)38-21-13-17(12-18(28)24(21)34-25(38)30)23-19(29)14-31-26(35-23)33-22-7-6-16-15-37(11-10-36(4)5)9-8-20(16)32-22/h6-7,12-14H,8-11,15H2,1-5H3,(H,31,32,33,35). The summed E-state index contributed by atoms with van der Waals surface area (Å²) >= 11 is 2.09. The largest absolute Gasteiger partial charge is 0.314 e. The van der Waals surface area contributed by atoms with E-state index in [-0.39, 0.29) is 22.7 Å². The highest BCUT2D eigenvalue weighted by Crippen LogP contribution is 2.32. The summed E-state index contributed by atoms with van der Waals surface area (Å²) in [6, 6.07) is 6.95. The van der Waals surface area contributed by atoms with Gasteiger partial charge in [-0.3, -0.25) is 4.90 Å². The fourth-order valence-electron chi connectivity index (χ4n) is 4.70. The van der Waals surface area contributed by atoms with E-state index in [1.807, 2.05) is 31.4 Å². The van der Waals surface area contributed by atoms with E-state index in [2.05, 4.69) is 72.8 Å². The van der Waals surface area contributed by atoms with Gasteiger partial charge in [-0.25, -0.2) is 28.7 Å². The topological polar surface area (TPSA) is 75.0 Å². The van der Waals surface area contributed by atoms with Crippen molar-refractivity contribution in [3.05, 3.63) is 57.2 Å². The van der Waals surface area contributed by atoms with Crippen LogP contribution in [0, 0.1) is 15.5 Å². The molecule has 0 saturated heterocycles. The number of halogens is 3. The molecule has 3 aromatic heterocycles. The van der Waals surface area contributed by atoms with E-state index < -0.39 is 11.6 Å². The number of rotatable bonds is 6. The van der Waals surface area contributed by atoms with Crippen LogP contribution in [-0.4, -0.2) is 68.0 Å². The van der Waals surface area contributed by atoms with Crippen LogP contribution >= 0.6 is 22.6 Å². The number of fused-ring (bicyclic) bond motifs is 2. The molecule has 0 spiro atoms. The monoisotopic (exact) mass is 632 g/mol. The van der Waals surface area contributed by atoms with E-state index in [4.69, 9.17) is 4.98 Å². The van der Waals surface area contributed by atoms with Crippen LogP contribution in [0.3, 0.4) is 0 Å². The lowest BCUT2D eigenvalue weighted by atomic mass is 10.1. The van der Waals surface area contributed by atoms with Gasteiger partial charge in [-0.05, 0) is 81.2 Å². The maximum Gasteiger partial charge on any atom is 0.229 e. The van der Waals surface area contributed by atoms with Crippen LogP contribution in [0.5, 0.6) is 0 Å². The molecule has 0 fully saturated rings. The summed E-state index contributed by atoms with van der Waals surface area (Å²) in [4.78, 5) is 22.3. The molecule has 5 rings (SSSR count). The second-order valence-corrected chi connectivity index (χ2v) is 11.8. The predicted octanol–water partition coefficient (Wildman–Crippen LogP) is 5.19. The first kappa shape index (κ1) is 26.8. The fraction of sp³-hybridized carbons (Fsp3) is 0.407. The van der Waals surface area contributed by atoms with Crippen molar-refractivity contribution in [3.63, 3.8) is 0 Å². The Balaban J connectivity index is 1.42. The summed E-state index contributed by atoms with van der Waals surface area (Å²) in [5.74, 6) is -0.384. The Morgan fingerprint density at radius 1 is 1.08 bits per heavy atom. The number of hydrogen-bond donors (Lipinski definition) is 1. The SMILES string of the molecule is CN(C)CCN1CCc2nc(Nc3ncc(F)c(-c4cc(F)c5nc(I)n(C(C)(C)C)c5c4)n3)ccc2C1. The van der Waals surface area contributed by atoms with Crippen molar-refractivity contribution < 1.29 is 8.78 Å². The number of hydrogen-bond acceptors (Lipinski definition) is 7. The van der Waals surface area contributed by atoms with Crippen LogP contribution in [0.25, 0.3) is 22.3 Å². The zero-order chi connectivity index (χ0) is 27.2. The third-order valence-corrected chi connectivity index (χ3v) is 7.32. The lowest BCUT2D eigenvalue weighted by molar-refractivity contribution is 0.224. The number of imidazole rings is 1. The van der Waals surface area contributed by atoms with Crippen molar-refractivity contribution in [2.75, 3.05) is 39.0 Å². The van der Waals surface area contributed by atoms with Crippen LogP contribution in [0.2, 0.25) is 0 Å². The minimum Gasteiger partial charge on any atom is -0.314 e. The number of nitrogens with one attached hydrogen (secondary N) is 1. The van der Waals surface area contributed by atoms with Crippen LogP contribution in [0.4, 0.5) is 20.5 Å². The van der Waals surface area contributed by atoms with Gasteiger partial charge in [0.05, 0.1) is 11.7 Å². The van der Waals surface area contributed by atoms with Crippen molar-refractivity contribution in [2.24, 2.45) is 0 Å². The Morgan fingerprint density at radius 3 is 2.61 bits per heavy atom. The highest BCUT2D eigenvalue weighted by atomic mass is 127. The summed E-state index contributed by atoms with van der Waals surface area (Å²) in [6.45, 7) is 9.89. The Morgan fingerprint density at radius 2 is 1.87 bits per heavy atom. The van der Waals surface area contributed by atoms with Crippen molar-refractivity contribution in [2.45, 2.75) is 39.3 Å². The molecule has 0 saturated carbocycles. The molecule has 0 aliphatic carbocycles. The molecule has 8 nitrogen and oxygen atoms in total. The molecule has 0 unspecified atom stereocenters. The highest BCUT2D eigenvalue weighted by Gasteiger charge is 2.24. The zero-order valence-electron chi connectivity index (χ0n) is 22.2. The second kappa shape index (κ2) is 10.4. The first-order valence-electron chi connectivity index (χ1n) is 12.5. The quantitative estimate of drug-likeness (QED) is 0.294. The molecule has 4 heterocycles. The van der Waals surface area contributed by atoms with Crippen molar-refractivity contribution in [1.82, 2.24) is 34.3 Å². The van der Waals surface area contributed by atoms with Crippen molar-refractivity contribution >= 4 is 45.4 Å². The number of nitrogens with zero attached hydrogens (tertiary/aromatic N) is 7. The molecule has 0 radical (unpaired) electrons. The summed E-state index contributed by atoms with van der Waals surface area (Å²) < 4.78 is 32.6. The molecular formula is C27H31F2IN8. The zero-order valence-corrected chi connectivity index (χ0v) is 24.3. The van der Waals surface area contributed by atoms with Gasteiger partial charge in [0.1, 0.15) is 17.0 Å². The number of benzene rings is 1. The maximum absolute atomic E-state index is 15.1. The van der Waals surface area contributed by atoms with E-state index in [0.717, 1.165) is 44.5 Å². The molecule has 0 atom stereocenters. The summed E-state index contributed by atoms with van der Waals surface area (Å²) in [5, 5.41) is 3.10. The lowest BCUT2D eigenvalue weighted by Gasteiger charge is -2.29. The van der Waals surface area contributed by atoms with E-state index in [9.17, 15) is 4.39 Å². The molecule has 0 amide bonds. The Kier molecular flexibility index (Phi) is 7.35. The first-order chi connectivity index (χ1) is 18.0. The Hall–Kier alpha value is -2.77. The Labute approximate surface area is 234 Å². The third-order valence-electron chi connectivity index (χ3n) is 6.59. The average molecular weight is 633 g/mol. The van der Waals surface area contributed by atoms with E-state index in [1.54, 1.807) is 6.07 Å². The van der Waals surface area contributed by atoms with Gasteiger partial charge in [0.25, 0.3) is 0 Å². The summed E-state index contributed by atoms with van der Waals surface area (Å²) in [7, 11) is 4.16. The predicted molar refractivity (Wildman–Crippen MR) is 153 cm³/mol. The average Bonchev–Trinajstić information content (AvgIpc) is 3.20. The molecule has 1 N–H and O–H groups in total. The maximum atomic E-state index is 15.1. The summed E-state index contributed by atoms with van der Waals surface area (Å²) in [6.07, 6.45) is 1.95. The van der Waals surface area contributed by atoms with Crippen molar-refractivity contribution in [3.8, 4) is 11.3 Å². The van der Waals surface area contributed by atoms with Gasteiger partial charge in [0.15, 0.2) is 15.5 Å². The summed E-state index contributed by atoms with van der Waals surface area (Å²) in [5.41, 5.74) is 3.06. The van der Waals surface area contributed by atoms with Gasteiger partial charge >= 0.3 is 0 Å². The lowest BCUT2D eigenvalue weighted by Crippen LogP contribution is -2.36. The molecule has 1 aliphatic rings. The molecule has 200 valence electrons. The number of likely N-dealkylation sites (N-methyl/N-ethyl adjacent to an activating group) is 1. The molecule has 0 bridgehead atoms. The van der Waals surface area contributed by atoms with Crippen molar-refractivity contribution in [1.29, 1.82) is 0 Å². The molecule has 11 heteroatoms. The van der Waals surface area contributed by atoms with Crippen LogP contribution < -0.4 is 5.32 Å². The van der Waals surface area contributed by atoms with Gasteiger partial charge < -0.3 is 14.8 Å². The number of aromatic nitrogens is 5. The number of anilines is 2. The molecule has 1 aromatic carbocycles. The normalized spacial score (nSPS) is 14.3. The van der Waals surface area contributed by atoms with Gasteiger partial charge in [-0.1, -0.05) is 6.07 Å². The minimum atomic E-state index is -0.637. The Bertz CT molecular complexity index is 1490. The van der Waals surface area contributed by atoms with Crippen LogP contribution in [0.15, 0.2) is 30.5 Å². The van der Waals surface area contributed by atoms with E-state index >= 15 is 4.39 Å². The minimum absolute atomic E-state index is 0.00876. The fourth-order valence-corrected chi connectivity index (χ4v) is 5.93. The van der Waals surface area contributed by atoms with Crippen LogP contribution in [-0.2, 0) is 18.5 Å². The molecule has 1 aliphatic heterocycles. The van der Waals surface area contributed by atoms with Crippen LogP contribution in [0.1, 0.15) is 32.0 Å². The third kappa shape index (κ3) is 5.50. The van der Waals surface area contributed by atoms with Gasteiger partial charge in [-0.15, -0.1) is 0 Å². The number of pyridine rings is 1. The van der Waals surface area contributed by atoms with Gasteiger partial charge in [0, 0.05) is 49.4 Å². The molecule has 38 heavy (non-hydrogen) atoms. The smallest absolute Gasteiger partial charge is 0.229 e. The van der Waals surface area contributed by atoms with E-state index in [0.29, 0.717) is 20.7 Å². The molecule has 4 aromatic rings. The first-order valence-corrected chi connectivity index (χ1v) is 13.6. The van der Waals surface area contributed by atoms with Gasteiger partial charge in [-0.2, -0.15) is 0 Å². The van der Waals surface area contributed by atoms with Gasteiger partial charge in [0.2, 0.25) is 5.95 Å². The van der Waals surface area contributed by atoms with E-state index in [1.165, 1.54) is 11.6 Å². The second-order valence-electron chi connectivity index (χ2n) is 10.9. The highest BCUT2D eigenvalue weighted by molar-refractivity contribution is 14.1.